The van der Waals surface area contributed by atoms with Crippen LogP contribution in [0.1, 0.15) is 61.3 Å². The van der Waals surface area contributed by atoms with E-state index in [0.717, 1.165) is 43.5 Å². The van der Waals surface area contributed by atoms with Crippen molar-refractivity contribution in [2.75, 3.05) is 18.0 Å². The van der Waals surface area contributed by atoms with Gasteiger partial charge in [0.1, 0.15) is 5.82 Å². The second-order valence-electron chi connectivity index (χ2n) is 8.08. The Morgan fingerprint density at radius 3 is 2.42 bits per heavy atom. The first-order valence-electron chi connectivity index (χ1n) is 10.1. The minimum absolute atomic E-state index is 0.0380. The van der Waals surface area contributed by atoms with Gasteiger partial charge in [-0.15, -0.1) is 0 Å². The number of hydrogen-bond acceptors (Lipinski definition) is 1. The second kappa shape index (κ2) is 8.24. The molecule has 1 nitrogen and oxygen atoms in total. The lowest BCUT2D eigenvalue weighted by atomic mass is 9.89. The average molecular weight is 354 g/mol. The third kappa shape index (κ3) is 4.28. The van der Waals surface area contributed by atoms with E-state index < -0.39 is 0 Å². The molecule has 1 aliphatic heterocycles. The van der Waals surface area contributed by atoms with Gasteiger partial charge in [-0.25, -0.2) is 4.39 Å². The summed E-state index contributed by atoms with van der Waals surface area (Å²) in [6.07, 6.45) is 4.32. The summed E-state index contributed by atoms with van der Waals surface area (Å²) in [5, 5.41) is 0. The van der Waals surface area contributed by atoms with Gasteiger partial charge in [0.05, 0.1) is 0 Å². The number of anilines is 1. The average Bonchev–Trinajstić information content (AvgIpc) is 2.64. The molecule has 1 fully saturated rings. The van der Waals surface area contributed by atoms with Crippen molar-refractivity contribution < 1.29 is 4.39 Å². The maximum atomic E-state index is 14.1. The fourth-order valence-electron chi connectivity index (χ4n) is 4.08. The summed E-state index contributed by atoms with van der Waals surface area (Å²) >= 11 is 0. The van der Waals surface area contributed by atoms with Crippen LogP contribution in [0.25, 0.3) is 0 Å². The molecule has 3 rings (SSSR count). The quantitative estimate of drug-likeness (QED) is 0.600. The molecular formula is C24H32FN. The minimum Gasteiger partial charge on any atom is -0.371 e. The van der Waals surface area contributed by atoms with Crippen LogP contribution in [0.5, 0.6) is 0 Å². The van der Waals surface area contributed by atoms with Crippen LogP contribution in [0.4, 0.5) is 10.1 Å². The number of hydrogen-bond donors (Lipinski definition) is 0. The van der Waals surface area contributed by atoms with E-state index in [9.17, 15) is 4.39 Å². The van der Waals surface area contributed by atoms with Crippen LogP contribution < -0.4 is 4.90 Å². The zero-order valence-corrected chi connectivity index (χ0v) is 16.7. The number of benzene rings is 2. The van der Waals surface area contributed by atoms with Crippen molar-refractivity contribution in [3.8, 4) is 0 Å². The highest BCUT2D eigenvalue weighted by Crippen LogP contribution is 2.31. The van der Waals surface area contributed by atoms with Gasteiger partial charge in [-0.2, -0.15) is 0 Å². The Kier molecular flexibility index (Phi) is 6.01. The molecule has 0 radical (unpaired) electrons. The van der Waals surface area contributed by atoms with Crippen molar-refractivity contribution in [3.63, 3.8) is 0 Å². The van der Waals surface area contributed by atoms with E-state index in [1.54, 1.807) is 6.07 Å². The smallest absolute Gasteiger partial charge is 0.126 e. The van der Waals surface area contributed by atoms with Crippen molar-refractivity contribution in [1.82, 2.24) is 0 Å². The Morgan fingerprint density at radius 2 is 1.81 bits per heavy atom. The first-order valence-corrected chi connectivity index (χ1v) is 10.1. The first-order chi connectivity index (χ1) is 12.5. The molecule has 140 valence electrons. The summed E-state index contributed by atoms with van der Waals surface area (Å²) in [5.41, 5.74) is 6.07. The highest BCUT2D eigenvalue weighted by Gasteiger charge is 2.22. The van der Waals surface area contributed by atoms with Crippen molar-refractivity contribution in [2.45, 2.75) is 59.3 Å². The van der Waals surface area contributed by atoms with Crippen molar-refractivity contribution >= 4 is 5.69 Å². The maximum absolute atomic E-state index is 14.1. The van der Waals surface area contributed by atoms with Gasteiger partial charge in [-0.05, 0) is 85.8 Å². The molecule has 2 heteroatoms. The van der Waals surface area contributed by atoms with Gasteiger partial charge in [-0.1, -0.05) is 38.1 Å². The van der Waals surface area contributed by atoms with Gasteiger partial charge in [0.2, 0.25) is 0 Å². The standard InChI is InChI=1S/C24H32FN/c1-5-18(3)21-8-9-24(19(4)15-21)26-12-10-20(11-13-26)16-22-7-6-17(2)14-23(22)25/h6-9,14-15,18,20H,5,10-13,16H2,1-4H3. The lowest BCUT2D eigenvalue weighted by molar-refractivity contribution is 0.398. The molecule has 2 aromatic carbocycles. The molecule has 0 aromatic heterocycles. The lowest BCUT2D eigenvalue weighted by Gasteiger charge is -2.35. The van der Waals surface area contributed by atoms with Crippen LogP contribution in [0, 0.1) is 25.6 Å². The van der Waals surface area contributed by atoms with Gasteiger partial charge in [0, 0.05) is 18.8 Å². The van der Waals surface area contributed by atoms with Gasteiger partial charge in [-0.3, -0.25) is 0 Å². The van der Waals surface area contributed by atoms with Crippen molar-refractivity contribution in [2.24, 2.45) is 5.92 Å². The molecule has 1 unspecified atom stereocenters. The number of halogens is 1. The molecule has 0 spiro atoms. The van der Waals surface area contributed by atoms with E-state index in [1.807, 2.05) is 19.1 Å². The molecule has 1 saturated heterocycles. The molecule has 0 aliphatic carbocycles. The van der Waals surface area contributed by atoms with Gasteiger partial charge >= 0.3 is 0 Å². The molecule has 0 N–H and O–H groups in total. The van der Waals surface area contributed by atoms with E-state index >= 15 is 0 Å². The molecular weight excluding hydrogens is 321 g/mol. The summed E-state index contributed by atoms with van der Waals surface area (Å²) in [6.45, 7) is 10.9. The number of rotatable bonds is 5. The highest BCUT2D eigenvalue weighted by atomic mass is 19.1. The maximum Gasteiger partial charge on any atom is 0.126 e. The van der Waals surface area contributed by atoms with E-state index in [2.05, 4.69) is 43.9 Å². The molecule has 1 heterocycles. The molecule has 26 heavy (non-hydrogen) atoms. The predicted molar refractivity (Wildman–Crippen MR) is 110 cm³/mol. The number of aryl methyl sites for hydroxylation is 2. The topological polar surface area (TPSA) is 3.24 Å². The zero-order valence-electron chi connectivity index (χ0n) is 16.7. The Labute approximate surface area is 158 Å². The minimum atomic E-state index is -0.0380. The molecule has 0 bridgehead atoms. The van der Waals surface area contributed by atoms with E-state index in [-0.39, 0.29) is 5.82 Å². The van der Waals surface area contributed by atoms with Crippen LogP contribution in [0.2, 0.25) is 0 Å². The normalized spacial score (nSPS) is 16.7. The Balaban J connectivity index is 1.61. The van der Waals surface area contributed by atoms with Crippen LogP contribution in [0.15, 0.2) is 36.4 Å². The number of piperidine rings is 1. The summed E-state index contributed by atoms with van der Waals surface area (Å²) in [5.74, 6) is 1.17. The fourth-order valence-corrected chi connectivity index (χ4v) is 4.08. The van der Waals surface area contributed by atoms with Crippen LogP contribution in [-0.2, 0) is 6.42 Å². The van der Waals surface area contributed by atoms with E-state index in [4.69, 9.17) is 0 Å². The first kappa shape index (κ1) is 18.9. The Hall–Kier alpha value is -1.83. The van der Waals surface area contributed by atoms with Gasteiger partial charge < -0.3 is 4.90 Å². The summed E-state index contributed by atoms with van der Waals surface area (Å²) < 4.78 is 14.1. The third-order valence-corrected chi connectivity index (χ3v) is 6.07. The molecule has 0 saturated carbocycles. The summed E-state index contributed by atoms with van der Waals surface area (Å²) in [6, 6.07) is 12.6. The molecule has 1 aliphatic rings. The summed E-state index contributed by atoms with van der Waals surface area (Å²) in [7, 11) is 0. The number of nitrogens with zero attached hydrogens (tertiary/aromatic N) is 1. The zero-order chi connectivity index (χ0) is 18.7. The van der Waals surface area contributed by atoms with Crippen LogP contribution >= 0.6 is 0 Å². The van der Waals surface area contributed by atoms with Crippen molar-refractivity contribution in [3.05, 3.63) is 64.5 Å². The van der Waals surface area contributed by atoms with E-state index in [1.165, 1.54) is 23.2 Å². The van der Waals surface area contributed by atoms with E-state index in [0.29, 0.717) is 11.8 Å². The van der Waals surface area contributed by atoms with Crippen molar-refractivity contribution in [1.29, 1.82) is 0 Å². The largest absolute Gasteiger partial charge is 0.371 e. The Bertz CT molecular complexity index is 744. The molecule has 1 atom stereocenters. The van der Waals surface area contributed by atoms with Crippen LogP contribution in [0.3, 0.4) is 0 Å². The summed E-state index contributed by atoms with van der Waals surface area (Å²) in [4.78, 5) is 2.51. The SMILES string of the molecule is CCC(C)c1ccc(N2CCC(Cc3ccc(C)cc3F)CC2)c(C)c1. The van der Waals surface area contributed by atoms with Crippen LogP contribution in [-0.4, -0.2) is 13.1 Å². The Morgan fingerprint density at radius 1 is 1.08 bits per heavy atom. The monoisotopic (exact) mass is 353 g/mol. The fraction of sp³-hybridized carbons (Fsp3) is 0.500. The third-order valence-electron chi connectivity index (χ3n) is 6.07. The van der Waals surface area contributed by atoms with Gasteiger partial charge in [0.25, 0.3) is 0 Å². The lowest BCUT2D eigenvalue weighted by Crippen LogP contribution is -2.34. The second-order valence-corrected chi connectivity index (χ2v) is 8.08. The highest BCUT2D eigenvalue weighted by molar-refractivity contribution is 5.55. The van der Waals surface area contributed by atoms with Gasteiger partial charge in [0.15, 0.2) is 0 Å². The molecule has 0 amide bonds. The molecule has 2 aromatic rings. The predicted octanol–water partition coefficient (Wildman–Crippen LogP) is 6.42.